The summed E-state index contributed by atoms with van der Waals surface area (Å²) in [4.78, 5) is 25.8. The van der Waals surface area contributed by atoms with Gasteiger partial charge in [-0.2, -0.15) is 0 Å². The van der Waals surface area contributed by atoms with Crippen molar-refractivity contribution < 1.29 is 19.0 Å². The minimum absolute atomic E-state index is 0.0255. The first-order valence-electron chi connectivity index (χ1n) is 8.64. The molecule has 0 bridgehead atoms. The van der Waals surface area contributed by atoms with Crippen LogP contribution in [0.4, 0.5) is 10.1 Å². The highest BCUT2D eigenvalue weighted by atomic mass is 19.1. The number of pyridine rings is 1. The van der Waals surface area contributed by atoms with Crippen LogP contribution in [0.3, 0.4) is 0 Å². The lowest BCUT2D eigenvalue weighted by atomic mass is 10.0. The molecule has 3 N–H and O–H groups in total. The Balaban J connectivity index is 2.01. The van der Waals surface area contributed by atoms with E-state index in [2.05, 4.69) is 6.58 Å². The Bertz CT molecular complexity index is 1040. The molecule has 142 valence electrons. The molecular weight excluding hydrogens is 353 g/mol. The molecule has 2 aliphatic rings. The topological polar surface area (TPSA) is 97.8 Å². The van der Waals surface area contributed by atoms with Crippen molar-refractivity contribution in [3.63, 3.8) is 0 Å². The Morgan fingerprint density at radius 2 is 2.22 bits per heavy atom. The number of carboxylic acid groups (broad SMARTS) is 1. The van der Waals surface area contributed by atoms with Gasteiger partial charge in [-0.15, -0.1) is 0 Å². The second-order valence-electron chi connectivity index (χ2n) is 7.25. The second-order valence-corrected chi connectivity index (χ2v) is 7.25. The highest BCUT2D eigenvalue weighted by Crippen LogP contribution is 2.54. The molecule has 2 aromatic rings. The summed E-state index contributed by atoms with van der Waals surface area (Å²) < 4.78 is 22.0. The van der Waals surface area contributed by atoms with Crippen molar-refractivity contribution in [2.24, 2.45) is 11.1 Å². The number of ether oxygens (including phenoxy) is 1. The van der Waals surface area contributed by atoms with Gasteiger partial charge in [0.15, 0.2) is 11.6 Å². The predicted molar refractivity (Wildman–Crippen MR) is 99.9 cm³/mol. The van der Waals surface area contributed by atoms with Crippen LogP contribution >= 0.6 is 0 Å². The number of carbonyl (C=O) groups is 1. The number of hydrogen-bond donors (Lipinski definition) is 2. The summed E-state index contributed by atoms with van der Waals surface area (Å²) in [6.45, 7) is 4.78. The number of aromatic carboxylic acids is 1. The smallest absolute Gasteiger partial charge is 0.341 e. The largest absolute Gasteiger partial charge is 0.492 e. The van der Waals surface area contributed by atoms with Gasteiger partial charge in [0.25, 0.3) is 0 Å². The SMILES string of the molecule is C=Cn1cc(C(=O)O)c(=O)c2cc(F)c(N3CC(N)C4(CC4)C3)c(OC)c21. The molecule has 1 aromatic heterocycles. The number of aromatic nitrogens is 1. The fourth-order valence-corrected chi connectivity index (χ4v) is 4.08. The van der Waals surface area contributed by atoms with Crippen LogP contribution in [0.5, 0.6) is 5.75 Å². The maximum absolute atomic E-state index is 15.1. The van der Waals surface area contributed by atoms with E-state index in [1.54, 1.807) is 0 Å². The lowest BCUT2D eigenvalue weighted by molar-refractivity contribution is 0.0695. The number of halogens is 1. The first-order chi connectivity index (χ1) is 12.8. The van der Waals surface area contributed by atoms with Gasteiger partial charge in [0.2, 0.25) is 5.43 Å². The number of fused-ring (bicyclic) bond motifs is 1. The van der Waals surface area contributed by atoms with E-state index in [-0.39, 0.29) is 33.8 Å². The van der Waals surface area contributed by atoms with Gasteiger partial charge in [0.1, 0.15) is 16.8 Å². The minimum Gasteiger partial charge on any atom is -0.492 e. The van der Waals surface area contributed by atoms with Crippen LogP contribution in [0.2, 0.25) is 0 Å². The molecule has 8 heteroatoms. The first-order valence-corrected chi connectivity index (χ1v) is 8.64. The maximum Gasteiger partial charge on any atom is 0.341 e. The summed E-state index contributed by atoms with van der Waals surface area (Å²) in [5.74, 6) is -1.86. The number of benzene rings is 1. The molecule has 2 fully saturated rings. The van der Waals surface area contributed by atoms with Crippen molar-refractivity contribution in [2.45, 2.75) is 18.9 Å². The van der Waals surface area contributed by atoms with Crippen LogP contribution in [0.15, 0.2) is 23.6 Å². The zero-order chi connectivity index (χ0) is 19.5. The molecule has 1 unspecified atom stereocenters. The van der Waals surface area contributed by atoms with Crippen molar-refractivity contribution in [3.05, 3.63) is 40.4 Å². The number of nitrogens with zero attached hydrogens (tertiary/aromatic N) is 2. The number of anilines is 1. The number of methoxy groups -OCH3 is 1. The Kier molecular flexibility index (Phi) is 3.78. The zero-order valence-corrected chi connectivity index (χ0v) is 14.9. The fourth-order valence-electron chi connectivity index (χ4n) is 4.08. The van der Waals surface area contributed by atoms with Crippen molar-refractivity contribution in [1.82, 2.24) is 4.57 Å². The predicted octanol–water partition coefficient (Wildman–Crippen LogP) is 1.88. The Hall–Kier alpha value is -2.87. The average Bonchev–Trinajstić information content (AvgIpc) is 3.34. The average molecular weight is 373 g/mol. The summed E-state index contributed by atoms with van der Waals surface area (Å²) in [7, 11) is 1.39. The van der Waals surface area contributed by atoms with Gasteiger partial charge in [0.05, 0.1) is 12.5 Å². The number of rotatable bonds is 4. The van der Waals surface area contributed by atoms with Gasteiger partial charge in [0, 0.05) is 36.9 Å². The lowest BCUT2D eigenvalue weighted by Crippen LogP contribution is -2.30. The van der Waals surface area contributed by atoms with Gasteiger partial charge in [-0.1, -0.05) is 6.58 Å². The second kappa shape index (κ2) is 5.82. The normalized spacial score (nSPS) is 20.3. The van der Waals surface area contributed by atoms with E-state index in [1.807, 2.05) is 4.90 Å². The van der Waals surface area contributed by atoms with Gasteiger partial charge >= 0.3 is 5.97 Å². The molecule has 1 aromatic carbocycles. The summed E-state index contributed by atoms with van der Waals surface area (Å²) in [5.41, 5.74) is 5.57. The van der Waals surface area contributed by atoms with Crippen molar-refractivity contribution in [2.75, 3.05) is 25.1 Å². The highest BCUT2D eigenvalue weighted by Gasteiger charge is 2.54. The van der Waals surface area contributed by atoms with Crippen LogP contribution in [0, 0.1) is 11.2 Å². The van der Waals surface area contributed by atoms with Gasteiger partial charge in [-0.05, 0) is 18.9 Å². The van der Waals surface area contributed by atoms with Crippen molar-refractivity contribution >= 4 is 28.8 Å². The molecule has 1 atom stereocenters. The van der Waals surface area contributed by atoms with Gasteiger partial charge in [-0.3, -0.25) is 4.79 Å². The third kappa shape index (κ3) is 2.43. The van der Waals surface area contributed by atoms with Crippen molar-refractivity contribution in [1.29, 1.82) is 0 Å². The van der Waals surface area contributed by atoms with E-state index in [9.17, 15) is 14.7 Å². The molecule has 1 saturated carbocycles. The molecule has 2 heterocycles. The maximum atomic E-state index is 15.1. The van der Waals surface area contributed by atoms with Crippen molar-refractivity contribution in [3.8, 4) is 5.75 Å². The summed E-state index contributed by atoms with van der Waals surface area (Å²) in [6, 6.07) is 1.03. The highest BCUT2D eigenvalue weighted by molar-refractivity contribution is 5.97. The van der Waals surface area contributed by atoms with Crippen LogP contribution in [0.1, 0.15) is 23.2 Å². The molecule has 1 aliphatic carbocycles. The van der Waals surface area contributed by atoms with E-state index in [0.29, 0.717) is 13.1 Å². The van der Waals surface area contributed by atoms with Crippen LogP contribution in [0.25, 0.3) is 17.1 Å². The van der Waals surface area contributed by atoms with Crippen LogP contribution < -0.4 is 20.8 Å². The molecule has 7 nitrogen and oxygen atoms in total. The fraction of sp³-hybridized carbons (Fsp3) is 0.368. The monoisotopic (exact) mass is 373 g/mol. The number of hydrogen-bond acceptors (Lipinski definition) is 5. The lowest BCUT2D eigenvalue weighted by Gasteiger charge is -2.24. The van der Waals surface area contributed by atoms with E-state index >= 15 is 4.39 Å². The van der Waals surface area contributed by atoms with E-state index in [4.69, 9.17) is 10.5 Å². The van der Waals surface area contributed by atoms with E-state index < -0.39 is 22.8 Å². The minimum atomic E-state index is -1.39. The van der Waals surface area contributed by atoms with E-state index in [1.165, 1.54) is 24.1 Å². The van der Waals surface area contributed by atoms with Crippen LogP contribution in [-0.2, 0) is 0 Å². The Labute approximate surface area is 154 Å². The number of nitrogens with two attached hydrogens (primary N) is 1. The standard InChI is InChI=1S/C19H20FN3O4/c1-3-22-7-11(18(25)26)16(24)10-6-12(20)15(17(27-2)14(10)22)23-8-13(21)19(9-23)4-5-19/h3,6-7,13H,1,4-5,8-9,21H2,2H3,(H,25,26). The first kappa shape index (κ1) is 17.5. The van der Waals surface area contributed by atoms with E-state index in [0.717, 1.165) is 18.9 Å². The summed E-state index contributed by atoms with van der Waals surface area (Å²) >= 11 is 0. The molecule has 0 radical (unpaired) electrons. The molecule has 1 saturated heterocycles. The van der Waals surface area contributed by atoms with Gasteiger partial charge in [-0.25, -0.2) is 9.18 Å². The molecule has 1 aliphatic heterocycles. The third-order valence-corrected chi connectivity index (χ3v) is 5.75. The number of carboxylic acids is 1. The summed E-state index contributed by atoms with van der Waals surface area (Å²) in [6.07, 6.45) is 4.56. The molecule has 1 spiro atoms. The Morgan fingerprint density at radius 1 is 1.52 bits per heavy atom. The molecular formula is C19H20FN3O4. The Morgan fingerprint density at radius 3 is 2.74 bits per heavy atom. The molecule has 27 heavy (non-hydrogen) atoms. The van der Waals surface area contributed by atoms with Crippen LogP contribution in [-0.4, -0.2) is 41.9 Å². The molecule has 0 amide bonds. The third-order valence-electron chi connectivity index (χ3n) is 5.75. The quantitative estimate of drug-likeness (QED) is 0.849. The zero-order valence-electron chi connectivity index (χ0n) is 14.9. The van der Waals surface area contributed by atoms with Gasteiger partial charge < -0.3 is 25.0 Å². The summed E-state index contributed by atoms with van der Waals surface area (Å²) in [5, 5.41) is 9.20. The molecule has 4 rings (SSSR count).